The second-order valence-electron chi connectivity index (χ2n) is 4.83. The SMILES string of the molecule is CS(=O)(=O)[C@@H]1[C@H](c2cccc(Cl)c2)[C@@]1(CN)C(=O)O. The van der Waals surface area contributed by atoms with Crippen LogP contribution in [-0.2, 0) is 14.6 Å². The fourth-order valence-corrected chi connectivity index (χ4v) is 4.91. The average molecular weight is 304 g/mol. The monoisotopic (exact) mass is 303 g/mol. The number of hydrogen-bond donors (Lipinski definition) is 2. The maximum atomic E-state index is 11.8. The fourth-order valence-electron chi connectivity index (χ4n) is 2.79. The molecule has 3 N–H and O–H groups in total. The van der Waals surface area contributed by atoms with Crippen molar-refractivity contribution in [2.24, 2.45) is 11.1 Å². The van der Waals surface area contributed by atoms with Gasteiger partial charge in [0.15, 0.2) is 9.84 Å². The number of aliphatic carboxylic acids is 1. The lowest BCUT2D eigenvalue weighted by molar-refractivity contribution is -0.143. The largest absolute Gasteiger partial charge is 0.481 e. The molecule has 0 heterocycles. The summed E-state index contributed by atoms with van der Waals surface area (Å²) in [4.78, 5) is 11.5. The van der Waals surface area contributed by atoms with E-state index in [1.807, 2.05) is 0 Å². The van der Waals surface area contributed by atoms with E-state index in [4.69, 9.17) is 17.3 Å². The van der Waals surface area contributed by atoms with E-state index in [2.05, 4.69) is 0 Å². The van der Waals surface area contributed by atoms with Gasteiger partial charge < -0.3 is 10.8 Å². The van der Waals surface area contributed by atoms with Gasteiger partial charge in [0.05, 0.1) is 5.25 Å². The van der Waals surface area contributed by atoms with E-state index in [0.717, 1.165) is 6.26 Å². The summed E-state index contributed by atoms with van der Waals surface area (Å²) in [6, 6.07) is 6.58. The number of carboxylic acid groups (broad SMARTS) is 1. The number of benzene rings is 1. The Kier molecular flexibility index (Phi) is 3.36. The molecule has 1 aliphatic carbocycles. The minimum atomic E-state index is -3.51. The molecule has 1 aliphatic rings. The number of carboxylic acids is 1. The van der Waals surface area contributed by atoms with Gasteiger partial charge in [-0.25, -0.2) is 8.42 Å². The molecule has 1 aromatic carbocycles. The van der Waals surface area contributed by atoms with Crippen molar-refractivity contribution in [2.45, 2.75) is 11.2 Å². The number of sulfone groups is 1. The molecule has 19 heavy (non-hydrogen) atoms. The van der Waals surface area contributed by atoms with E-state index in [-0.39, 0.29) is 6.54 Å². The second kappa shape index (κ2) is 4.47. The van der Waals surface area contributed by atoms with Crippen molar-refractivity contribution in [1.29, 1.82) is 0 Å². The molecule has 2 rings (SSSR count). The van der Waals surface area contributed by atoms with Crippen molar-refractivity contribution in [3.8, 4) is 0 Å². The lowest BCUT2D eigenvalue weighted by Gasteiger charge is -2.09. The first kappa shape index (κ1) is 14.3. The van der Waals surface area contributed by atoms with Crippen LogP contribution in [0.2, 0.25) is 5.02 Å². The predicted molar refractivity (Wildman–Crippen MR) is 71.9 cm³/mol. The van der Waals surface area contributed by atoms with E-state index in [1.54, 1.807) is 24.3 Å². The highest BCUT2D eigenvalue weighted by molar-refractivity contribution is 7.91. The van der Waals surface area contributed by atoms with Crippen LogP contribution in [0, 0.1) is 5.41 Å². The molecule has 1 saturated carbocycles. The molecular formula is C12H14ClNO4S. The van der Waals surface area contributed by atoms with Crippen LogP contribution < -0.4 is 5.73 Å². The molecule has 0 spiro atoms. The van der Waals surface area contributed by atoms with Gasteiger partial charge in [-0.2, -0.15) is 0 Å². The Labute approximate surface area is 116 Å². The van der Waals surface area contributed by atoms with Crippen LogP contribution in [0.25, 0.3) is 0 Å². The normalized spacial score (nSPS) is 30.1. The molecule has 0 bridgehead atoms. The molecule has 1 fully saturated rings. The zero-order chi connectivity index (χ0) is 14.4. The summed E-state index contributed by atoms with van der Waals surface area (Å²) in [6.07, 6.45) is 1.04. The van der Waals surface area contributed by atoms with Gasteiger partial charge in [-0.15, -0.1) is 0 Å². The van der Waals surface area contributed by atoms with Gasteiger partial charge in [-0.1, -0.05) is 23.7 Å². The first-order chi connectivity index (χ1) is 8.75. The second-order valence-corrected chi connectivity index (χ2v) is 7.44. The van der Waals surface area contributed by atoms with Crippen LogP contribution in [0.15, 0.2) is 24.3 Å². The Morgan fingerprint density at radius 2 is 2.16 bits per heavy atom. The van der Waals surface area contributed by atoms with Crippen LogP contribution in [0.3, 0.4) is 0 Å². The van der Waals surface area contributed by atoms with Crippen molar-refractivity contribution in [1.82, 2.24) is 0 Å². The number of nitrogens with two attached hydrogens (primary N) is 1. The Morgan fingerprint density at radius 3 is 2.53 bits per heavy atom. The highest BCUT2D eigenvalue weighted by Crippen LogP contribution is 2.62. The summed E-state index contributed by atoms with van der Waals surface area (Å²) in [5, 5.41) is 8.80. The molecule has 5 nitrogen and oxygen atoms in total. The lowest BCUT2D eigenvalue weighted by Crippen LogP contribution is -2.31. The maximum Gasteiger partial charge on any atom is 0.312 e. The lowest BCUT2D eigenvalue weighted by atomic mass is 9.99. The molecule has 7 heteroatoms. The molecule has 0 aliphatic heterocycles. The summed E-state index contributed by atoms with van der Waals surface area (Å²) in [5.41, 5.74) is 4.69. The van der Waals surface area contributed by atoms with Crippen molar-refractivity contribution in [2.75, 3.05) is 12.8 Å². The van der Waals surface area contributed by atoms with E-state index >= 15 is 0 Å². The van der Waals surface area contributed by atoms with Gasteiger partial charge >= 0.3 is 5.97 Å². The van der Waals surface area contributed by atoms with Crippen LogP contribution in [0.5, 0.6) is 0 Å². The summed E-state index contributed by atoms with van der Waals surface area (Å²) in [6.45, 7) is -0.225. The van der Waals surface area contributed by atoms with E-state index in [0.29, 0.717) is 10.6 Å². The number of halogens is 1. The van der Waals surface area contributed by atoms with Crippen molar-refractivity contribution >= 4 is 27.4 Å². The van der Waals surface area contributed by atoms with Crippen LogP contribution in [-0.4, -0.2) is 37.5 Å². The minimum absolute atomic E-state index is 0.225. The van der Waals surface area contributed by atoms with Crippen molar-refractivity contribution in [3.05, 3.63) is 34.9 Å². The predicted octanol–water partition coefficient (Wildman–Crippen LogP) is 0.880. The summed E-state index contributed by atoms with van der Waals surface area (Å²) < 4.78 is 23.6. The molecule has 0 aromatic heterocycles. The molecule has 1 aromatic rings. The molecule has 0 amide bonds. The molecule has 0 radical (unpaired) electrons. The van der Waals surface area contributed by atoms with Gasteiger partial charge in [0.2, 0.25) is 0 Å². The molecule has 0 saturated heterocycles. The van der Waals surface area contributed by atoms with Gasteiger partial charge in [0.1, 0.15) is 5.41 Å². The third kappa shape index (κ3) is 2.13. The van der Waals surface area contributed by atoms with Gasteiger partial charge in [0.25, 0.3) is 0 Å². The summed E-state index contributed by atoms with van der Waals surface area (Å²) >= 11 is 5.87. The molecule has 104 valence electrons. The zero-order valence-corrected chi connectivity index (χ0v) is 11.8. The van der Waals surface area contributed by atoms with E-state index < -0.39 is 32.4 Å². The van der Waals surface area contributed by atoms with Crippen molar-refractivity contribution in [3.63, 3.8) is 0 Å². The van der Waals surface area contributed by atoms with Crippen LogP contribution in [0.1, 0.15) is 11.5 Å². The summed E-state index contributed by atoms with van der Waals surface area (Å²) in [5.74, 6) is -1.83. The highest BCUT2D eigenvalue weighted by Gasteiger charge is 2.74. The van der Waals surface area contributed by atoms with Gasteiger partial charge in [0, 0.05) is 23.7 Å². The zero-order valence-electron chi connectivity index (χ0n) is 10.2. The Balaban J connectivity index is 2.53. The Morgan fingerprint density at radius 1 is 1.53 bits per heavy atom. The minimum Gasteiger partial charge on any atom is -0.481 e. The topological polar surface area (TPSA) is 97.5 Å². The quantitative estimate of drug-likeness (QED) is 0.860. The fraction of sp³-hybridized carbons (Fsp3) is 0.417. The first-order valence-corrected chi connectivity index (χ1v) is 7.96. The Hall–Kier alpha value is -1.11. The molecule has 0 unspecified atom stereocenters. The smallest absolute Gasteiger partial charge is 0.312 e. The van der Waals surface area contributed by atoms with Gasteiger partial charge in [-0.3, -0.25) is 4.79 Å². The highest BCUT2D eigenvalue weighted by atomic mass is 35.5. The average Bonchev–Trinajstić information content (AvgIpc) is 2.99. The molecular weight excluding hydrogens is 290 g/mol. The standard InChI is InChI=1S/C12H14ClNO4S/c1-19(17,18)10-9(12(10,6-14)11(15)16)7-3-2-4-8(13)5-7/h2-5,9-10H,6,14H2,1H3,(H,15,16)/t9-,10+,12+/m0/s1. The number of carbonyl (C=O) groups is 1. The summed E-state index contributed by atoms with van der Waals surface area (Å²) in [7, 11) is -3.51. The third-order valence-electron chi connectivity index (χ3n) is 3.66. The van der Waals surface area contributed by atoms with Gasteiger partial charge in [-0.05, 0) is 17.7 Å². The Bertz CT molecular complexity index is 630. The van der Waals surface area contributed by atoms with Crippen LogP contribution >= 0.6 is 11.6 Å². The van der Waals surface area contributed by atoms with E-state index in [1.165, 1.54) is 0 Å². The first-order valence-electron chi connectivity index (χ1n) is 5.63. The number of hydrogen-bond acceptors (Lipinski definition) is 4. The van der Waals surface area contributed by atoms with Crippen molar-refractivity contribution < 1.29 is 18.3 Å². The van der Waals surface area contributed by atoms with E-state index in [9.17, 15) is 18.3 Å². The number of rotatable bonds is 4. The van der Waals surface area contributed by atoms with Crippen LogP contribution in [0.4, 0.5) is 0 Å². The molecule has 3 atom stereocenters. The maximum absolute atomic E-state index is 11.8. The third-order valence-corrected chi connectivity index (χ3v) is 5.51.